The molecule has 7 aromatic rings. The molecule has 0 aliphatic heterocycles. The summed E-state index contributed by atoms with van der Waals surface area (Å²) >= 11 is 1.93. The third kappa shape index (κ3) is 2.68. The highest BCUT2D eigenvalue weighted by molar-refractivity contribution is 7.26. The molecule has 0 aliphatic rings. The van der Waals surface area contributed by atoms with Gasteiger partial charge in [-0.1, -0.05) is 103 Å². The van der Waals surface area contributed by atoms with Gasteiger partial charge < -0.3 is 0 Å². The first kappa shape index (κ1) is 17.9. The van der Waals surface area contributed by atoms with Crippen molar-refractivity contribution in [3.05, 3.63) is 120 Å². The zero-order valence-corrected chi connectivity index (χ0v) is 18.3. The van der Waals surface area contributed by atoms with Gasteiger partial charge in [-0.3, -0.25) is 0 Å². The third-order valence-electron chi connectivity index (χ3n) is 6.67. The van der Waals surface area contributed by atoms with Crippen molar-refractivity contribution in [3.8, 4) is 0 Å². The minimum Gasteiger partial charge on any atom is -0.135 e. The van der Waals surface area contributed by atoms with E-state index in [9.17, 15) is 0 Å². The smallest absolute Gasteiger partial charge is 0.0391 e. The van der Waals surface area contributed by atoms with Gasteiger partial charge in [0.15, 0.2) is 0 Å². The fourth-order valence-corrected chi connectivity index (χ4v) is 6.39. The Bertz CT molecular complexity index is 1800. The van der Waals surface area contributed by atoms with Crippen molar-refractivity contribution in [2.45, 2.75) is 6.42 Å². The van der Waals surface area contributed by atoms with Crippen molar-refractivity contribution in [1.82, 2.24) is 0 Å². The highest BCUT2D eigenvalue weighted by atomic mass is 32.1. The quantitative estimate of drug-likeness (QED) is 0.243. The van der Waals surface area contributed by atoms with Gasteiger partial charge in [0.2, 0.25) is 0 Å². The van der Waals surface area contributed by atoms with E-state index >= 15 is 0 Å². The second-order valence-electron chi connectivity index (χ2n) is 8.57. The maximum atomic E-state index is 2.36. The van der Waals surface area contributed by atoms with E-state index in [4.69, 9.17) is 0 Å². The molecular formula is C31H20S. The average Bonchev–Trinajstić information content (AvgIpc) is 3.24. The van der Waals surface area contributed by atoms with Gasteiger partial charge in [-0.2, -0.15) is 0 Å². The first-order chi connectivity index (χ1) is 15.8. The fourth-order valence-electron chi connectivity index (χ4n) is 5.16. The molecule has 1 aromatic heterocycles. The molecule has 0 N–H and O–H groups in total. The van der Waals surface area contributed by atoms with Gasteiger partial charge in [0.1, 0.15) is 0 Å². The molecule has 0 spiro atoms. The van der Waals surface area contributed by atoms with Gasteiger partial charge in [0.25, 0.3) is 0 Å². The predicted octanol–water partition coefficient (Wildman–Crippen LogP) is 9.10. The van der Waals surface area contributed by atoms with E-state index in [0.29, 0.717) is 0 Å². The number of fused-ring (bicyclic) bond motifs is 8. The largest absolute Gasteiger partial charge is 0.135 e. The normalized spacial score (nSPS) is 11.9. The summed E-state index contributed by atoms with van der Waals surface area (Å²) in [5.74, 6) is 0. The Balaban J connectivity index is 1.39. The summed E-state index contributed by atoms with van der Waals surface area (Å²) in [5.41, 5.74) is 2.77. The number of thiophene rings is 1. The Kier molecular flexibility index (Phi) is 3.88. The standard InChI is InChI=1S/C31H20S/c1-3-9-25-21(6-1)13-14-23-18-20(12-16-26(23)25)19-24-8-5-11-28-30-27-10-4-2-7-22(27)15-17-29(30)32-31(24)28/h1-18H,19H2. The van der Waals surface area contributed by atoms with Crippen molar-refractivity contribution in [3.63, 3.8) is 0 Å². The van der Waals surface area contributed by atoms with Crippen LogP contribution in [-0.2, 0) is 6.42 Å². The van der Waals surface area contributed by atoms with Crippen molar-refractivity contribution in [1.29, 1.82) is 0 Å². The van der Waals surface area contributed by atoms with E-state index in [1.54, 1.807) is 0 Å². The fraction of sp³-hybridized carbons (Fsp3) is 0.0323. The van der Waals surface area contributed by atoms with Gasteiger partial charge in [-0.05, 0) is 55.9 Å². The Labute approximate surface area is 190 Å². The number of hydrogen-bond acceptors (Lipinski definition) is 1. The summed E-state index contributed by atoms with van der Waals surface area (Å²) in [6, 6.07) is 40.2. The third-order valence-corrected chi connectivity index (χ3v) is 7.92. The molecule has 32 heavy (non-hydrogen) atoms. The summed E-state index contributed by atoms with van der Waals surface area (Å²) in [5, 5.41) is 10.7. The molecular weight excluding hydrogens is 404 g/mol. The minimum atomic E-state index is 0.949. The van der Waals surface area contributed by atoms with E-state index in [0.717, 1.165) is 6.42 Å². The molecule has 0 amide bonds. The molecule has 0 nitrogen and oxygen atoms in total. The van der Waals surface area contributed by atoms with Gasteiger partial charge >= 0.3 is 0 Å². The van der Waals surface area contributed by atoms with Crippen LogP contribution in [0.4, 0.5) is 0 Å². The highest BCUT2D eigenvalue weighted by Gasteiger charge is 2.12. The molecule has 0 fully saturated rings. The van der Waals surface area contributed by atoms with Crippen LogP contribution in [-0.4, -0.2) is 0 Å². The van der Waals surface area contributed by atoms with E-state index in [-0.39, 0.29) is 0 Å². The van der Waals surface area contributed by atoms with Crippen molar-refractivity contribution >= 4 is 63.8 Å². The average molecular weight is 425 g/mol. The van der Waals surface area contributed by atoms with E-state index in [1.807, 2.05) is 11.3 Å². The van der Waals surface area contributed by atoms with Crippen LogP contribution < -0.4 is 0 Å². The molecule has 0 unspecified atom stereocenters. The van der Waals surface area contributed by atoms with Gasteiger partial charge in [0.05, 0.1) is 0 Å². The van der Waals surface area contributed by atoms with E-state index in [1.165, 1.54) is 63.6 Å². The van der Waals surface area contributed by atoms with Crippen LogP contribution in [0.25, 0.3) is 52.5 Å². The van der Waals surface area contributed by atoms with Crippen LogP contribution in [0.15, 0.2) is 109 Å². The number of hydrogen-bond donors (Lipinski definition) is 0. The topological polar surface area (TPSA) is 0 Å². The Morgan fingerprint density at radius 3 is 2.09 bits per heavy atom. The summed E-state index contributed by atoms with van der Waals surface area (Å²) in [6.07, 6.45) is 0.949. The van der Waals surface area contributed by atoms with Gasteiger partial charge in [-0.25, -0.2) is 0 Å². The Morgan fingerprint density at radius 2 is 1.19 bits per heavy atom. The minimum absolute atomic E-state index is 0.949. The zero-order valence-electron chi connectivity index (χ0n) is 17.5. The summed E-state index contributed by atoms with van der Waals surface area (Å²) in [7, 11) is 0. The molecule has 0 radical (unpaired) electrons. The van der Waals surface area contributed by atoms with Crippen LogP contribution in [0.3, 0.4) is 0 Å². The lowest BCUT2D eigenvalue weighted by Gasteiger charge is -2.08. The molecule has 1 heterocycles. The lowest BCUT2D eigenvalue weighted by molar-refractivity contribution is 1.23. The van der Waals surface area contributed by atoms with Crippen LogP contribution in [0.5, 0.6) is 0 Å². The maximum Gasteiger partial charge on any atom is 0.0391 e. The maximum absolute atomic E-state index is 2.36. The summed E-state index contributed by atoms with van der Waals surface area (Å²) < 4.78 is 2.79. The second-order valence-corrected chi connectivity index (χ2v) is 9.63. The summed E-state index contributed by atoms with van der Waals surface area (Å²) in [6.45, 7) is 0. The number of rotatable bonds is 2. The summed E-state index contributed by atoms with van der Waals surface area (Å²) in [4.78, 5) is 0. The van der Waals surface area contributed by atoms with Crippen molar-refractivity contribution in [2.75, 3.05) is 0 Å². The van der Waals surface area contributed by atoms with Crippen molar-refractivity contribution < 1.29 is 0 Å². The lowest BCUT2D eigenvalue weighted by Crippen LogP contribution is -1.89. The van der Waals surface area contributed by atoms with E-state index in [2.05, 4.69) is 109 Å². The molecule has 150 valence electrons. The SMILES string of the molecule is c1ccc2c(c1)ccc1cc(Cc3cccc4c3sc3ccc5ccccc5c34)ccc12. The highest BCUT2D eigenvalue weighted by Crippen LogP contribution is 2.40. The molecule has 1 heteroatoms. The second kappa shape index (κ2) is 6.91. The Hall–Kier alpha value is -3.68. The molecule has 0 atom stereocenters. The number of benzene rings is 6. The van der Waals surface area contributed by atoms with Gasteiger partial charge in [-0.15, -0.1) is 11.3 Å². The van der Waals surface area contributed by atoms with Crippen LogP contribution in [0.2, 0.25) is 0 Å². The molecule has 0 saturated carbocycles. The van der Waals surface area contributed by atoms with Crippen molar-refractivity contribution in [2.24, 2.45) is 0 Å². The Morgan fingerprint density at radius 1 is 0.500 bits per heavy atom. The van der Waals surface area contributed by atoms with Crippen LogP contribution in [0, 0.1) is 0 Å². The molecule has 6 aromatic carbocycles. The van der Waals surface area contributed by atoms with Crippen LogP contribution >= 0.6 is 11.3 Å². The first-order valence-electron chi connectivity index (χ1n) is 11.1. The molecule has 7 rings (SSSR count). The molecule has 0 aliphatic carbocycles. The molecule has 0 saturated heterocycles. The monoisotopic (exact) mass is 424 g/mol. The zero-order chi connectivity index (χ0) is 21.1. The molecule has 0 bridgehead atoms. The predicted molar refractivity (Wildman–Crippen MR) is 141 cm³/mol. The first-order valence-corrected chi connectivity index (χ1v) is 11.9. The lowest BCUT2D eigenvalue weighted by atomic mass is 9.96. The van der Waals surface area contributed by atoms with Crippen LogP contribution in [0.1, 0.15) is 11.1 Å². The van der Waals surface area contributed by atoms with Gasteiger partial charge in [0, 0.05) is 20.2 Å². The van der Waals surface area contributed by atoms with E-state index < -0.39 is 0 Å².